The molecule has 5 heteroatoms. The SMILES string of the molecule is CNC(c1cccc(F)c1F)c1c(F)cccc1Cl. The van der Waals surface area contributed by atoms with E-state index in [1.54, 1.807) is 0 Å². The van der Waals surface area contributed by atoms with Gasteiger partial charge in [-0.3, -0.25) is 0 Å². The highest BCUT2D eigenvalue weighted by atomic mass is 35.5. The van der Waals surface area contributed by atoms with Crippen LogP contribution in [-0.4, -0.2) is 7.05 Å². The van der Waals surface area contributed by atoms with Crippen LogP contribution in [0.25, 0.3) is 0 Å². The summed E-state index contributed by atoms with van der Waals surface area (Å²) in [5.41, 5.74) is 0.102. The molecule has 2 aromatic carbocycles. The molecule has 0 aliphatic carbocycles. The molecule has 0 bridgehead atoms. The maximum Gasteiger partial charge on any atom is 0.163 e. The zero-order valence-electron chi connectivity index (χ0n) is 10.1. The first-order valence-corrected chi connectivity index (χ1v) is 5.99. The van der Waals surface area contributed by atoms with Crippen LogP contribution in [0.5, 0.6) is 0 Å². The minimum atomic E-state index is -1.01. The minimum absolute atomic E-state index is 0.00880. The Hall–Kier alpha value is -1.52. The highest BCUT2D eigenvalue weighted by molar-refractivity contribution is 6.31. The normalized spacial score (nSPS) is 12.5. The quantitative estimate of drug-likeness (QED) is 0.896. The monoisotopic (exact) mass is 285 g/mol. The molecule has 1 atom stereocenters. The average molecular weight is 286 g/mol. The molecular formula is C14H11ClF3N. The Kier molecular flexibility index (Phi) is 4.12. The summed E-state index contributed by atoms with van der Waals surface area (Å²) >= 11 is 5.95. The lowest BCUT2D eigenvalue weighted by Gasteiger charge is -2.20. The zero-order chi connectivity index (χ0) is 14.0. The van der Waals surface area contributed by atoms with Crippen molar-refractivity contribution in [3.05, 3.63) is 70.0 Å². The molecule has 0 saturated carbocycles. The van der Waals surface area contributed by atoms with E-state index >= 15 is 0 Å². The fraction of sp³-hybridized carbons (Fsp3) is 0.143. The smallest absolute Gasteiger partial charge is 0.163 e. The lowest BCUT2D eigenvalue weighted by molar-refractivity contribution is 0.483. The van der Waals surface area contributed by atoms with Crippen LogP contribution in [0.1, 0.15) is 17.2 Å². The molecule has 0 heterocycles. The summed E-state index contributed by atoms with van der Waals surface area (Å²) in [5, 5.41) is 2.91. The van der Waals surface area contributed by atoms with Crippen LogP contribution in [-0.2, 0) is 0 Å². The lowest BCUT2D eigenvalue weighted by Crippen LogP contribution is -2.21. The molecule has 19 heavy (non-hydrogen) atoms. The molecule has 1 unspecified atom stereocenters. The van der Waals surface area contributed by atoms with Crippen LogP contribution in [0, 0.1) is 17.5 Å². The van der Waals surface area contributed by atoms with Gasteiger partial charge in [0, 0.05) is 16.1 Å². The van der Waals surface area contributed by atoms with Gasteiger partial charge >= 0.3 is 0 Å². The van der Waals surface area contributed by atoms with Crippen molar-refractivity contribution in [1.82, 2.24) is 5.32 Å². The zero-order valence-corrected chi connectivity index (χ0v) is 10.8. The second-order valence-electron chi connectivity index (χ2n) is 4.00. The first-order chi connectivity index (χ1) is 9.06. The number of hydrogen-bond donors (Lipinski definition) is 1. The Morgan fingerprint density at radius 1 is 1.00 bits per heavy atom. The average Bonchev–Trinajstić information content (AvgIpc) is 2.38. The summed E-state index contributed by atoms with van der Waals surface area (Å²) in [4.78, 5) is 0. The summed E-state index contributed by atoms with van der Waals surface area (Å²) in [7, 11) is 1.53. The molecule has 0 fully saturated rings. The highest BCUT2D eigenvalue weighted by Gasteiger charge is 2.23. The second kappa shape index (κ2) is 5.63. The van der Waals surface area contributed by atoms with Crippen LogP contribution in [0.3, 0.4) is 0 Å². The molecule has 0 spiro atoms. The minimum Gasteiger partial charge on any atom is -0.309 e. The summed E-state index contributed by atoms with van der Waals surface area (Å²) < 4.78 is 40.9. The van der Waals surface area contributed by atoms with Crippen molar-refractivity contribution in [2.75, 3.05) is 7.05 Å². The number of halogens is 4. The van der Waals surface area contributed by atoms with Gasteiger partial charge in [0.25, 0.3) is 0 Å². The van der Waals surface area contributed by atoms with Crippen molar-refractivity contribution in [2.24, 2.45) is 0 Å². The Bertz CT molecular complexity index is 581. The predicted molar refractivity (Wildman–Crippen MR) is 68.7 cm³/mol. The predicted octanol–water partition coefficient (Wildman–Crippen LogP) is 4.07. The van der Waals surface area contributed by atoms with Gasteiger partial charge in [-0.05, 0) is 25.2 Å². The van der Waals surface area contributed by atoms with Crippen LogP contribution < -0.4 is 5.32 Å². The van der Waals surface area contributed by atoms with Crippen LogP contribution in [0.15, 0.2) is 36.4 Å². The molecule has 0 saturated heterocycles. The van der Waals surface area contributed by atoms with E-state index in [2.05, 4.69) is 5.32 Å². The maximum absolute atomic E-state index is 13.9. The third kappa shape index (κ3) is 2.60. The van der Waals surface area contributed by atoms with E-state index in [-0.39, 0.29) is 16.1 Å². The van der Waals surface area contributed by atoms with Crippen molar-refractivity contribution in [3.8, 4) is 0 Å². The van der Waals surface area contributed by atoms with Gasteiger partial charge < -0.3 is 5.32 Å². The number of nitrogens with one attached hydrogen (secondary N) is 1. The van der Waals surface area contributed by atoms with Crippen molar-refractivity contribution in [2.45, 2.75) is 6.04 Å². The van der Waals surface area contributed by atoms with Crippen molar-refractivity contribution < 1.29 is 13.2 Å². The van der Waals surface area contributed by atoms with E-state index in [4.69, 9.17) is 11.6 Å². The molecular weight excluding hydrogens is 275 g/mol. The fourth-order valence-corrected chi connectivity index (χ4v) is 2.26. The van der Waals surface area contributed by atoms with Gasteiger partial charge in [0.05, 0.1) is 6.04 Å². The Labute approximate surface area is 114 Å². The Morgan fingerprint density at radius 3 is 2.26 bits per heavy atom. The molecule has 1 N–H and O–H groups in total. The second-order valence-corrected chi connectivity index (χ2v) is 4.41. The molecule has 0 aromatic heterocycles. The van der Waals surface area contributed by atoms with E-state index < -0.39 is 23.5 Å². The van der Waals surface area contributed by atoms with Crippen LogP contribution in [0.2, 0.25) is 5.02 Å². The number of rotatable bonds is 3. The first kappa shape index (κ1) is 13.9. The Morgan fingerprint density at radius 2 is 1.63 bits per heavy atom. The van der Waals surface area contributed by atoms with Crippen LogP contribution in [0.4, 0.5) is 13.2 Å². The summed E-state index contributed by atoms with van der Waals surface area (Å²) in [6.45, 7) is 0. The van der Waals surface area contributed by atoms with E-state index in [0.29, 0.717) is 0 Å². The molecule has 2 rings (SSSR count). The summed E-state index contributed by atoms with van der Waals surface area (Å²) in [6.07, 6.45) is 0. The van der Waals surface area contributed by atoms with E-state index in [0.717, 1.165) is 6.07 Å². The standard InChI is InChI=1S/C14H11ClF3N/c1-19-14(8-4-2-7-11(17)13(8)18)12-9(15)5-3-6-10(12)16/h2-7,14,19H,1H3. The molecule has 0 aliphatic rings. The maximum atomic E-state index is 13.9. The van der Waals surface area contributed by atoms with Crippen molar-refractivity contribution in [1.29, 1.82) is 0 Å². The van der Waals surface area contributed by atoms with E-state index in [1.807, 2.05) is 0 Å². The van der Waals surface area contributed by atoms with Gasteiger partial charge in [0.15, 0.2) is 11.6 Å². The van der Waals surface area contributed by atoms with Crippen molar-refractivity contribution >= 4 is 11.6 Å². The van der Waals surface area contributed by atoms with Crippen molar-refractivity contribution in [3.63, 3.8) is 0 Å². The van der Waals surface area contributed by atoms with Gasteiger partial charge in [0.2, 0.25) is 0 Å². The summed E-state index contributed by atoms with van der Waals surface area (Å²) in [5.74, 6) is -2.57. The van der Waals surface area contributed by atoms with Gasteiger partial charge in [-0.25, -0.2) is 13.2 Å². The fourth-order valence-electron chi connectivity index (χ4n) is 1.99. The first-order valence-electron chi connectivity index (χ1n) is 5.61. The van der Waals surface area contributed by atoms with Gasteiger partial charge in [-0.1, -0.05) is 29.8 Å². The molecule has 0 radical (unpaired) electrons. The lowest BCUT2D eigenvalue weighted by atomic mass is 9.97. The van der Waals surface area contributed by atoms with E-state index in [1.165, 1.54) is 37.4 Å². The van der Waals surface area contributed by atoms with E-state index in [9.17, 15) is 13.2 Å². The molecule has 1 nitrogen and oxygen atoms in total. The topological polar surface area (TPSA) is 12.0 Å². The largest absolute Gasteiger partial charge is 0.309 e. The molecule has 0 amide bonds. The Balaban J connectivity index is 2.60. The van der Waals surface area contributed by atoms with Gasteiger partial charge in [-0.2, -0.15) is 0 Å². The highest BCUT2D eigenvalue weighted by Crippen LogP contribution is 2.32. The van der Waals surface area contributed by atoms with Gasteiger partial charge in [-0.15, -0.1) is 0 Å². The molecule has 100 valence electrons. The number of hydrogen-bond acceptors (Lipinski definition) is 1. The number of benzene rings is 2. The van der Waals surface area contributed by atoms with Gasteiger partial charge in [0.1, 0.15) is 5.82 Å². The molecule has 0 aliphatic heterocycles. The third-order valence-electron chi connectivity index (χ3n) is 2.87. The summed E-state index contributed by atoms with van der Waals surface area (Å²) in [6, 6.07) is 7.09. The molecule has 2 aromatic rings. The van der Waals surface area contributed by atoms with Crippen LogP contribution >= 0.6 is 11.6 Å². The third-order valence-corrected chi connectivity index (χ3v) is 3.20.